The van der Waals surface area contributed by atoms with E-state index in [1.807, 2.05) is 0 Å². The largest absolute Gasteiger partial charge is 0.492 e. The second-order valence-electron chi connectivity index (χ2n) is 7.14. The number of likely N-dealkylation sites (N-methyl/N-ethyl adjacent to an activating group) is 1. The summed E-state index contributed by atoms with van der Waals surface area (Å²) < 4.78 is 59.6. The summed E-state index contributed by atoms with van der Waals surface area (Å²) in [7, 11) is -2.46. The Bertz CT molecular complexity index is 991. The highest BCUT2D eigenvalue weighted by molar-refractivity contribution is 7.89. The van der Waals surface area contributed by atoms with Crippen molar-refractivity contribution in [1.29, 1.82) is 0 Å². The highest BCUT2D eigenvalue weighted by Gasteiger charge is 2.29. The third-order valence-electron chi connectivity index (χ3n) is 4.97. The van der Waals surface area contributed by atoms with Gasteiger partial charge >= 0.3 is 0 Å². The van der Waals surface area contributed by atoms with Gasteiger partial charge in [0, 0.05) is 25.7 Å². The van der Waals surface area contributed by atoms with Crippen LogP contribution in [0.3, 0.4) is 0 Å². The lowest BCUT2D eigenvalue weighted by Crippen LogP contribution is -2.36. The van der Waals surface area contributed by atoms with Crippen molar-refractivity contribution in [2.24, 2.45) is 0 Å². The van der Waals surface area contributed by atoms with Crippen LogP contribution in [0.5, 0.6) is 5.75 Å². The lowest BCUT2D eigenvalue weighted by atomic mass is 10.2. The standard InChI is InChI=1S/C21H24F2N2O4S/c1-24(13-14-29-18-8-6-17(22)7-9-18)21(26)16-5-10-19(23)20(15-16)30(27,28)25-11-3-2-4-12-25/h5-10,15H,2-4,11-14H2,1H3. The molecule has 0 bridgehead atoms. The molecule has 0 N–H and O–H groups in total. The number of sulfonamides is 1. The summed E-state index contributed by atoms with van der Waals surface area (Å²) in [5.74, 6) is -1.23. The summed E-state index contributed by atoms with van der Waals surface area (Å²) >= 11 is 0. The first-order valence-corrected chi connectivity index (χ1v) is 11.2. The molecule has 0 atom stereocenters. The molecule has 6 nitrogen and oxygen atoms in total. The average molecular weight is 438 g/mol. The van der Waals surface area contributed by atoms with Crippen LogP contribution in [0.2, 0.25) is 0 Å². The number of rotatable bonds is 7. The molecule has 1 saturated heterocycles. The molecule has 9 heteroatoms. The molecule has 162 valence electrons. The summed E-state index contributed by atoms with van der Waals surface area (Å²) in [6.07, 6.45) is 2.41. The van der Waals surface area contributed by atoms with Gasteiger partial charge in [-0.15, -0.1) is 0 Å². The molecule has 1 amide bonds. The fourth-order valence-corrected chi connectivity index (χ4v) is 4.84. The first kappa shape index (κ1) is 22.2. The van der Waals surface area contributed by atoms with Crippen LogP contribution in [-0.4, -0.2) is 56.8 Å². The predicted octanol–water partition coefficient (Wildman–Crippen LogP) is 3.29. The van der Waals surface area contributed by atoms with E-state index in [-0.39, 0.29) is 24.5 Å². The molecule has 0 radical (unpaired) electrons. The van der Waals surface area contributed by atoms with Gasteiger partial charge in [-0.05, 0) is 55.3 Å². The lowest BCUT2D eigenvalue weighted by Gasteiger charge is -2.26. The summed E-state index contributed by atoms with van der Waals surface area (Å²) in [4.78, 5) is 13.6. The third kappa shape index (κ3) is 5.14. The predicted molar refractivity (Wildman–Crippen MR) is 108 cm³/mol. The number of ether oxygens (including phenoxy) is 1. The molecule has 1 aliphatic rings. The monoisotopic (exact) mass is 438 g/mol. The maximum Gasteiger partial charge on any atom is 0.253 e. The van der Waals surface area contributed by atoms with Gasteiger partial charge in [0.2, 0.25) is 10.0 Å². The van der Waals surface area contributed by atoms with Crippen LogP contribution in [0.1, 0.15) is 29.6 Å². The average Bonchev–Trinajstić information content (AvgIpc) is 2.75. The van der Waals surface area contributed by atoms with Crippen LogP contribution in [-0.2, 0) is 10.0 Å². The van der Waals surface area contributed by atoms with Gasteiger partial charge in [-0.2, -0.15) is 4.31 Å². The van der Waals surface area contributed by atoms with E-state index in [9.17, 15) is 22.0 Å². The normalized spacial score (nSPS) is 15.0. The number of piperidine rings is 1. The Morgan fingerprint density at radius 3 is 2.40 bits per heavy atom. The number of halogens is 2. The fraction of sp³-hybridized carbons (Fsp3) is 0.381. The fourth-order valence-electron chi connectivity index (χ4n) is 3.23. The smallest absolute Gasteiger partial charge is 0.253 e. The molecular formula is C21H24F2N2O4S. The molecule has 0 unspecified atom stereocenters. The van der Waals surface area contributed by atoms with Crippen LogP contribution >= 0.6 is 0 Å². The molecule has 1 heterocycles. The molecule has 1 aliphatic heterocycles. The molecule has 30 heavy (non-hydrogen) atoms. The van der Waals surface area contributed by atoms with Crippen molar-refractivity contribution in [1.82, 2.24) is 9.21 Å². The minimum absolute atomic E-state index is 0.0799. The summed E-state index contributed by atoms with van der Waals surface area (Å²) in [5.41, 5.74) is 0.0799. The summed E-state index contributed by atoms with van der Waals surface area (Å²) in [6, 6.07) is 8.87. The van der Waals surface area contributed by atoms with E-state index < -0.39 is 26.6 Å². The second-order valence-corrected chi connectivity index (χ2v) is 9.05. The Hall–Kier alpha value is -2.52. The molecule has 2 aromatic rings. The molecule has 0 spiro atoms. The van der Waals surface area contributed by atoms with Gasteiger partial charge in [-0.1, -0.05) is 6.42 Å². The van der Waals surface area contributed by atoms with Crippen molar-refractivity contribution in [3.05, 3.63) is 59.7 Å². The number of nitrogens with zero attached hydrogens (tertiary/aromatic N) is 2. The number of hydrogen-bond acceptors (Lipinski definition) is 4. The molecule has 0 saturated carbocycles. The van der Waals surface area contributed by atoms with E-state index in [1.165, 1.54) is 39.5 Å². The van der Waals surface area contributed by atoms with Gasteiger partial charge in [0.1, 0.15) is 28.9 Å². The van der Waals surface area contributed by atoms with Crippen LogP contribution in [0, 0.1) is 11.6 Å². The van der Waals surface area contributed by atoms with Gasteiger partial charge in [-0.25, -0.2) is 17.2 Å². The van der Waals surface area contributed by atoms with Crippen LogP contribution in [0.25, 0.3) is 0 Å². The molecule has 1 fully saturated rings. The zero-order chi connectivity index (χ0) is 21.7. The maximum atomic E-state index is 14.3. The Balaban J connectivity index is 1.68. The highest BCUT2D eigenvalue weighted by atomic mass is 32.2. The zero-order valence-electron chi connectivity index (χ0n) is 16.7. The van der Waals surface area contributed by atoms with Gasteiger partial charge in [0.25, 0.3) is 5.91 Å². The molecule has 0 aromatic heterocycles. The topological polar surface area (TPSA) is 66.9 Å². The summed E-state index contributed by atoms with van der Waals surface area (Å²) in [5, 5.41) is 0. The van der Waals surface area contributed by atoms with E-state index in [4.69, 9.17) is 4.74 Å². The minimum Gasteiger partial charge on any atom is -0.492 e. The second kappa shape index (κ2) is 9.53. The molecule has 0 aliphatic carbocycles. The minimum atomic E-state index is -4.00. The zero-order valence-corrected chi connectivity index (χ0v) is 17.5. The number of amides is 1. The Labute approximate surface area is 175 Å². The van der Waals surface area contributed by atoms with Crippen LogP contribution in [0.4, 0.5) is 8.78 Å². The Morgan fingerprint density at radius 2 is 1.73 bits per heavy atom. The van der Waals surface area contributed by atoms with E-state index >= 15 is 0 Å². The van der Waals surface area contributed by atoms with Crippen LogP contribution in [0.15, 0.2) is 47.4 Å². The maximum absolute atomic E-state index is 14.3. The van der Waals surface area contributed by atoms with Crippen molar-refractivity contribution in [2.75, 3.05) is 33.3 Å². The first-order valence-electron chi connectivity index (χ1n) is 9.72. The number of carbonyl (C=O) groups excluding carboxylic acids is 1. The van der Waals surface area contributed by atoms with Gasteiger partial charge in [0.05, 0.1) is 6.54 Å². The van der Waals surface area contributed by atoms with Crippen LogP contribution < -0.4 is 4.74 Å². The van der Waals surface area contributed by atoms with Crippen molar-refractivity contribution in [3.63, 3.8) is 0 Å². The molecule has 3 rings (SSSR count). The van der Waals surface area contributed by atoms with E-state index in [0.717, 1.165) is 31.4 Å². The SMILES string of the molecule is CN(CCOc1ccc(F)cc1)C(=O)c1ccc(F)c(S(=O)(=O)N2CCCCC2)c1. The third-order valence-corrected chi connectivity index (χ3v) is 6.88. The van der Waals surface area contributed by atoms with Crippen molar-refractivity contribution < 1.29 is 26.7 Å². The quantitative estimate of drug-likeness (QED) is 0.665. The van der Waals surface area contributed by atoms with Crippen molar-refractivity contribution in [2.45, 2.75) is 24.2 Å². The van der Waals surface area contributed by atoms with Gasteiger partial charge in [0.15, 0.2) is 0 Å². The Kier molecular flexibility index (Phi) is 7.04. The lowest BCUT2D eigenvalue weighted by molar-refractivity contribution is 0.0773. The van der Waals surface area contributed by atoms with E-state index in [2.05, 4.69) is 0 Å². The van der Waals surface area contributed by atoms with Crippen molar-refractivity contribution >= 4 is 15.9 Å². The number of carbonyl (C=O) groups is 1. The van der Waals surface area contributed by atoms with Gasteiger partial charge in [-0.3, -0.25) is 4.79 Å². The Morgan fingerprint density at radius 1 is 1.07 bits per heavy atom. The van der Waals surface area contributed by atoms with E-state index in [0.29, 0.717) is 18.8 Å². The highest BCUT2D eigenvalue weighted by Crippen LogP contribution is 2.24. The van der Waals surface area contributed by atoms with E-state index in [1.54, 1.807) is 7.05 Å². The number of hydrogen-bond donors (Lipinski definition) is 0. The first-order chi connectivity index (χ1) is 14.3. The summed E-state index contributed by atoms with van der Waals surface area (Å²) in [6.45, 7) is 1.07. The van der Waals surface area contributed by atoms with Gasteiger partial charge < -0.3 is 9.64 Å². The number of benzene rings is 2. The molecular weight excluding hydrogens is 414 g/mol. The van der Waals surface area contributed by atoms with Crippen molar-refractivity contribution in [3.8, 4) is 5.75 Å². The molecule has 2 aromatic carbocycles.